The van der Waals surface area contributed by atoms with Crippen LogP contribution in [0.1, 0.15) is 119 Å². The normalized spacial score (nSPS) is 42.9. The Kier molecular flexibility index (Phi) is 10.4. The van der Waals surface area contributed by atoms with Crippen LogP contribution < -0.4 is 0 Å². The summed E-state index contributed by atoms with van der Waals surface area (Å²) < 4.78 is 23.8. The van der Waals surface area contributed by atoms with Crippen LogP contribution in [0.25, 0.3) is 0 Å². The lowest BCUT2D eigenvalue weighted by Crippen LogP contribution is -2.54. The standard InChI is InChI=1S/C31H55BrClO3P/c1-7-23(21(2)3)9-8-22(4)27-12-13-28-26-11-10-24-20-25(36-37(33,34)35-19-18-32)14-16-30(24,5)29(26)15-17-31(27,28)6/h21-29H,7-20H2,1-6H3/t22-,23-,24?,25+,26?,27-,28?,29?,30+,31-,37?/m1/s1. The molecule has 216 valence electrons. The predicted molar refractivity (Wildman–Crippen MR) is 160 cm³/mol. The van der Waals surface area contributed by atoms with E-state index in [4.69, 9.17) is 20.3 Å². The zero-order valence-electron chi connectivity index (χ0n) is 24.5. The molecule has 0 aliphatic heterocycles. The molecule has 6 heteroatoms. The molecule has 0 radical (unpaired) electrons. The van der Waals surface area contributed by atoms with Gasteiger partial charge in [-0.05, 0) is 122 Å². The first-order valence-corrected chi connectivity index (χ1v) is 19.2. The van der Waals surface area contributed by atoms with E-state index >= 15 is 0 Å². The molecule has 4 fully saturated rings. The Morgan fingerprint density at radius 1 is 0.973 bits per heavy atom. The van der Waals surface area contributed by atoms with E-state index < -0.39 is 6.95 Å². The highest BCUT2D eigenvalue weighted by Gasteiger charge is 2.60. The molecule has 0 amide bonds. The zero-order valence-corrected chi connectivity index (χ0v) is 27.8. The van der Waals surface area contributed by atoms with Gasteiger partial charge in [0, 0.05) is 16.6 Å². The lowest BCUT2D eigenvalue weighted by atomic mass is 9.44. The maximum atomic E-state index is 12.6. The highest BCUT2D eigenvalue weighted by molar-refractivity contribution is 9.09. The number of hydrogen-bond donors (Lipinski definition) is 0. The molecule has 0 aromatic heterocycles. The summed E-state index contributed by atoms with van der Waals surface area (Å²) in [5, 5.41) is 0.610. The number of fused-ring (bicyclic) bond motifs is 5. The summed E-state index contributed by atoms with van der Waals surface area (Å²) in [5.74, 6) is 6.79. The molecule has 4 rings (SSSR count). The van der Waals surface area contributed by atoms with Gasteiger partial charge in [-0.2, -0.15) is 0 Å². The summed E-state index contributed by atoms with van der Waals surface area (Å²) in [5.41, 5.74) is 0.939. The predicted octanol–water partition coefficient (Wildman–Crippen LogP) is 10.9. The summed E-state index contributed by atoms with van der Waals surface area (Å²) in [6.45, 7) is 11.9. The van der Waals surface area contributed by atoms with Gasteiger partial charge in [-0.25, -0.2) is 4.57 Å². The van der Waals surface area contributed by atoms with Crippen LogP contribution in [-0.4, -0.2) is 18.0 Å². The minimum atomic E-state index is -3.49. The fraction of sp³-hybridized carbons (Fsp3) is 1.00. The van der Waals surface area contributed by atoms with Crippen molar-refractivity contribution in [2.75, 3.05) is 11.9 Å². The van der Waals surface area contributed by atoms with Gasteiger partial charge < -0.3 is 0 Å². The van der Waals surface area contributed by atoms with Gasteiger partial charge in [0.25, 0.3) is 0 Å². The Balaban J connectivity index is 1.39. The van der Waals surface area contributed by atoms with E-state index in [1.54, 1.807) is 0 Å². The minimum absolute atomic E-state index is 0.0309. The van der Waals surface area contributed by atoms with Crippen molar-refractivity contribution in [3.8, 4) is 0 Å². The van der Waals surface area contributed by atoms with E-state index in [1.807, 2.05) is 0 Å². The van der Waals surface area contributed by atoms with Crippen LogP contribution in [0.5, 0.6) is 0 Å². The number of hydrogen-bond acceptors (Lipinski definition) is 3. The molecule has 4 saturated carbocycles. The van der Waals surface area contributed by atoms with Gasteiger partial charge >= 0.3 is 6.95 Å². The fourth-order valence-electron chi connectivity index (χ4n) is 10.3. The van der Waals surface area contributed by atoms with Crippen molar-refractivity contribution in [1.29, 1.82) is 0 Å². The Labute approximate surface area is 241 Å². The molecule has 11 atom stereocenters. The molecule has 0 aromatic rings. The Hall–Kier alpha value is 0.920. The molecule has 3 nitrogen and oxygen atoms in total. The van der Waals surface area contributed by atoms with Gasteiger partial charge in [-0.3, -0.25) is 9.05 Å². The van der Waals surface area contributed by atoms with E-state index in [0.29, 0.717) is 28.7 Å². The molecular weight excluding hydrogens is 567 g/mol. The molecule has 4 aliphatic rings. The summed E-state index contributed by atoms with van der Waals surface area (Å²) in [6.07, 6.45) is 15.7. The van der Waals surface area contributed by atoms with Crippen LogP contribution in [0.2, 0.25) is 0 Å². The smallest absolute Gasteiger partial charge is 0.296 e. The molecule has 0 bridgehead atoms. The van der Waals surface area contributed by atoms with Gasteiger partial charge in [0.1, 0.15) is 0 Å². The molecule has 5 unspecified atom stereocenters. The molecule has 37 heavy (non-hydrogen) atoms. The van der Waals surface area contributed by atoms with Crippen LogP contribution >= 0.6 is 34.1 Å². The third kappa shape index (κ3) is 6.39. The summed E-state index contributed by atoms with van der Waals surface area (Å²) in [7, 11) is 0. The third-order valence-corrected chi connectivity index (χ3v) is 14.3. The van der Waals surface area contributed by atoms with Crippen LogP contribution in [0.3, 0.4) is 0 Å². The van der Waals surface area contributed by atoms with E-state index in [1.165, 1.54) is 64.2 Å². The monoisotopic (exact) mass is 620 g/mol. The van der Waals surface area contributed by atoms with E-state index in [0.717, 1.165) is 54.3 Å². The molecule has 0 heterocycles. The van der Waals surface area contributed by atoms with Crippen molar-refractivity contribution in [3.05, 3.63) is 0 Å². The molecule has 0 aromatic carbocycles. The second kappa shape index (κ2) is 12.4. The van der Waals surface area contributed by atoms with Crippen molar-refractivity contribution < 1.29 is 13.6 Å². The van der Waals surface area contributed by atoms with Crippen molar-refractivity contribution in [2.45, 2.75) is 125 Å². The molecule has 0 saturated heterocycles. The maximum absolute atomic E-state index is 12.6. The highest BCUT2D eigenvalue weighted by atomic mass is 79.9. The molecular formula is C31H55BrClO3P. The van der Waals surface area contributed by atoms with Gasteiger partial charge in [-0.1, -0.05) is 70.3 Å². The zero-order chi connectivity index (χ0) is 27.0. The van der Waals surface area contributed by atoms with Gasteiger partial charge in [-0.15, -0.1) is 0 Å². The molecule has 0 N–H and O–H groups in total. The van der Waals surface area contributed by atoms with Gasteiger partial charge in [0.2, 0.25) is 0 Å². The molecule has 4 aliphatic carbocycles. The van der Waals surface area contributed by atoms with Gasteiger partial charge in [0.05, 0.1) is 12.7 Å². The van der Waals surface area contributed by atoms with Crippen LogP contribution in [0.15, 0.2) is 0 Å². The Morgan fingerprint density at radius 2 is 1.68 bits per heavy atom. The number of rotatable bonds is 11. The first-order chi connectivity index (χ1) is 17.4. The van der Waals surface area contributed by atoms with Crippen molar-refractivity contribution in [2.24, 2.45) is 58.2 Å². The lowest BCUT2D eigenvalue weighted by Gasteiger charge is -2.61. The van der Waals surface area contributed by atoms with E-state index in [2.05, 4.69) is 57.5 Å². The number of alkyl halides is 1. The number of halogens is 2. The second-order valence-electron chi connectivity index (χ2n) is 14.3. The summed E-state index contributed by atoms with van der Waals surface area (Å²) in [4.78, 5) is 0. The first-order valence-electron chi connectivity index (χ1n) is 15.6. The van der Waals surface area contributed by atoms with Crippen molar-refractivity contribution >= 4 is 34.1 Å². The van der Waals surface area contributed by atoms with Crippen LogP contribution in [-0.2, 0) is 13.6 Å². The average Bonchev–Trinajstić information content (AvgIpc) is 3.20. The topological polar surface area (TPSA) is 35.5 Å². The summed E-state index contributed by atoms with van der Waals surface area (Å²) in [6, 6.07) is 0. The summed E-state index contributed by atoms with van der Waals surface area (Å²) >= 11 is 9.45. The van der Waals surface area contributed by atoms with Crippen LogP contribution in [0, 0.1) is 58.2 Å². The lowest BCUT2D eigenvalue weighted by molar-refractivity contribution is -0.127. The maximum Gasteiger partial charge on any atom is 0.424 e. The second-order valence-corrected chi connectivity index (χ2v) is 17.7. The SMILES string of the molecule is CC[C@H](CC[C@@H](C)[C@H]1CCC2C3CCC4C[C@@H](OP(=O)(Cl)OCCBr)CC[C@]4(C)C3CC[C@@]21C)C(C)C. The molecule has 0 spiro atoms. The quantitative estimate of drug-likeness (QED) is 0.170. The van der Waals surface area contributed by atoms with Crippen LogP contribution in [0.4, 0.5) is 0 Å². The fourth-order valence-corrected chi connectivity index (χ4v) is 12.2. The Morgan fingerprint density at radius 3 is 2.35 bits per heavy atom. The third-order valence-electron chi connectivity index (χ3n) is 12.4. The first kappa shape index (κ1) is 30.9. The van der Waals surface area contributed by atoms with Gasteiger partial charge in [0.15, 0.2) is 0 Å². The van der Waals surface area contributed by atoms with E-state index in [9.17, 15) is 4.57 Å². The van der Waals surface area contributed by atoms with E-state index in [-0.39, 0.29) is 6.10 Å². The largest absolute Gasteiger partial charge is 0.424 e. The minimum Gasteiger partial charge on any atom is -0.296 e. The average molecular weight is 622 g/mol. The van der Waals surface area contributed by atoms with Crippen molar-refractivity contribution in [3.63, 3.8) is 0 Å². The highest BCUT2D eigenvalue weighted by Crippen LogP contribution is 2.69. The van der Waals surface area contributed by atoms with Crippen molar-refractivity contribution in [1.82, 2.24) is 0 Å². The Bertz CT molecular complexity index is 809.